The van der Waals surface area contributed by atoms with Crippen molar-refractivity contribution in [3.8, 4) is 0 Å². The Morgan fingerprint density at radius 3 is 2.30 bits per heavy atom. The quantitative estimate of drug-likeness (QED) is 0.816. The van der Waals surface area contributed by atoms with Crippen LogP contribution in [-0.4, -0.2) is 6.54 Å². The smallest absolute Gasteiger partial charge is 0.0423 e. The summed E-state index contributed by atoms with van der Waals surface area (Å²) in [5.74, 6) is 0. The fourth-order valence-electron chi connectivity index (χ4n) is 2.93. The molecule has 0 saturated carbocycles. The van der Waals surface area contributed by atoms with E-state index in [1.54, 1.807) is 0 Å². The van der Waals surface area contributed by atoms with E-state index in [4.69, 9.17) is 0 Å². The zero-order valence-electron chi connectivity index (χ0n) is 13.2. The van der Waals surface area contributed by atoms with Crippen LogP contribution in [-0.2, 0) is 5.41 Å². The Morgan fingerprint density at radius 2 is 1.80 bits per heavy atom. The molecule has 0 bridgehead atoms. The van der Waals surface area contributed by atoms with Crippen LogP contribution in [0.15, 0.2) is 36.4 Å². The number of likely N-dealkylation sites (N-methyl/N-ethyl adjacent to an activating group) is 1. The Labute approximate surface area is 127 Å². The number of benzene rings is 1. The summed E-state index contributed by atoms with van der Waals surface area (Å²) in [5, 5.41) is 3.70. The lowest BCUT2D eigenvalue weighted by Crippen LogP contribution is -2.37. The Morgan fingerprint density at radius 1 is 1.15 bits per heavy atom. The number of hydrogen-bond acceptors (Lipinski definition) is 2. The van der Waals surface area contributed by atoms with Crippen LogP contribution in [0.25, 0.3) is 0 Å². The fourth-order valence-corrected chi connectivity index (χ4v) is 3.89. The molecule has 2 rings (SSSR count). The second-order valence-corrected chi connectivity index (χ2v) is 7.41. The van der Waals surface area contributed by atoms with E-state index in [1.165, 1.54) is 20.9 Å². The molecule has 1 atom stereocenters. The molecule has 0 radical (unpaired) electrons. The molecule has 2 aromatic rings. The molecule has 0 aliphatic rings. The highest BCUT2D eigenvalue weighted by Gasteiger charge is 2.33. The first kappa shape index (κ1) is 15.3. The number of nitrogens with one attached hydrogen (secondary N) is 1. The SMILES string of the molecule is CCNC(c1cc(C)sc1C)C(C)(C)c1ccccc1. The Kier molecular flexibility index (Phi) is 4.66. The van der Waals surface area contributed by atoms with Crippen molar-refractivity contribution in [3.05, 3.63) is 57.3 Å². The van der Waals surface area contributed by atoms with Crippen LogP contribution in [0.3, 0.4) is 0 Å². The third-order valence-electron chi connectivity index (χ3n) is 4.04. The van der Waals surface area contributed by atoms with Gasteiger partial charge in [0.15, 0.2) is 0 Å². The highest BCUT2D eigenvalue weighted by molar-refractivity contribution is 7.12. The molecule has 0 fully saturated rings. The van der Waals surface area contributed by atoms with Gasteiger partial charge in [-0.2, -0.15) is 0 Å². The summed E-state index contributed by atoms with van der Waals surface area (Å²) in [6, 6.07) is 13.5. The summed E-state index contributed by atoms with van der Waals surface area (Å²) in [5.41, 5.74) is 2.90. The van der Waals surface area contributed by atoms with Gasteiger partial charge in [0, 0.05) is 21.2 Å². The van der Waals surface area contributed by atoms with E-state index in [0.29, 0.717) is 6.04 Å². The molecule has 1 aromatic carbocycles. The van der Waals surface area contributed by atoms with E-state index in [9.17, 15) is 0 Å². The molecule has 1 unspecified atom stereocenters. The van der Waals surface area contributed by atoms with Gasteiger partial charge in [-0.1, -0.05) is 51.1 Å². The molecule has 1 aromatic heterocycles. The molecule has 108 valence electrons. The summed E-state index contributed by atoms with van der Waals surface area (Å²) in [7, 11) is 0. The highest BCUT2D eigenvalue weighted by Crippen LogP contribution is 2.40. The summed E-state index contributed by atoms with van der Waals surface area (Å²) in [4.78, 5) is 2.82. The van der Waals surface area contributed by atoms with E-state index in [2.05, 4.69) is 76.3 Å². The predicted octanol–water partition coefficient (Wildman–Crippen LogP) is 4.99. The summed E-state index contributed by atoms with van der Waals surface area (Å²) in [6.07, 6.45) is 0. The first-order valence-electron chi connectivity index (χ1n) is 7.32. The number of aryl methyl sites for hydroxylation is 2. The maximum absolute atomic E-state index is 3.70. The Bertz CT molecular complexity index is 554. The molecule has 0 aliphatic heterocycles. The Balaban J connectivity index is 2.45. The molecule has 1 nitrogen and oxygen atoms in total. The van der Waals surface area contributed by atoms with E-state index >= 15 is 0 Å². The molecule has 0 saturated heterocycles. The van der Waals surface area contributed by atoms with Gasteiger partial charge in [0.2, 0.25) is 0 Å². The van der Waals surface area contributed by atoms with Crippen molar-refractivity contribution >= 4 is 11.3 Å². The van der Waals surface area contributed by atoms with Gasteiger partial charge < -0.3 is 5.32 Å². The largest absolute Gasteiger partial charge is 0.309 e. The molecule has 20 heavy (non-hydrogen) atoms. The Hall–Kier alpha value is -1.12. The van der Waals surface area contributed by atoms with E-state index in [0.717, 1.165) is 6.54 Å². The maximum atomic E-state index is 3.70. The number of rotatable bonds is 5. The first-order valence-corrected chi connectivity index (χ1v) is 8.14. The number of thiophene rings is 1. The topological polar surface area (TPSA) is 12.0 Å². The third kappa shape index (κ3) is 2.97. The van der Waals surface area contributed by atoms with Crippen molar-refractivity contribution in [2.24, 2.45) is 0 Å². The van der Waals surface area contributed by atoms with Crippen molar-refractivity contribution in [1.29, 1.82) is 0 Å². The second kappa shape index (κ2) is 6.11. The van der Waals surface area contributed by atoms with Crippen LogP contribution >= 0.6 is 11.3 Å². The van der Waals surface area contributed by atoms with Crippen molar-refractivity contribution in [2.45, 2.75) is 46.1 Å². The van der Waals surface area contributed by atoms with Gasteiger partial charge in [-0.3, -0.25) is 0 Å². The van der Waals surface area contributed by atoms with Gasteiger partial charge in [-0.25, -0.2) is 0 Å². The highest BCUT2D eigenvalue weighted by atomic mass is 32.1. The van der Waals surface area contributed by atoms with Crippen LogP contribution < -0.4 is 5.32 Å². The first-order chi connectivity index (χ1) is 9.46. The molecule has 2 heteroatoms. The minimum absolute atomic E-state index is 0.0650. The summed E-state index contributed by atoms with van der Waals surface area (Å²) in [6.45, 7) is 12.3. The van der Waals surface area contributed by atoms with Crippen LogP contribution in [0.1, 0.15) is 47.7 Å². The van der Waals surface area contributed by atoms with Gasteiger partial charge in [-0.15, -0.1) is 11.3 Å². The van der Waals surface area contributed by atoms with E-state index in [1.807, 2.05) is 11.3 Å². The van der Waals surface area contributed by atoms with Crippen molar-refractivity contribution in [3.63, 3.8) is 0 Å². The van der Waals surface area contributed by atoms with Gasteiger partial charge in [0.1, 0.15) is 0 Å². The van der Waals surface area contributed by atoms with Crippen LogP contribution in [0.4, 0.5) is 0 Å². The minimum Gasteiger partial charge on any atom is -0.309 e. The van der Waals surface area contributed by atoms with Crippen LogP contribution in [0.2, 0.25) is 0 Å². The van der Waals surface area contributed by atoms with Gasteiger partial charge in [-0.05, 0) is 37.6 Å². The van der Waals surface area contributed by atoms with Gasteiger partial charge in [0.25, 0.3) is 0 Å². The zero-order valence-corrected chi connectivity index (χ0v) is 14.0. The second-order valence-electron chi connectivity index (χ2n) is 5.95. The lowest BCUT2D eigenvalue weighted by Gasteiger charge is -2.36. The van der Waals surface area contributed by atoms with Crippen LogP contribution in [0, 0.1) is 13.8 Å². The molecule has 1 heterocycles. The lowest BCUT2D eigenvalue weighted by molar-refractivity contribution is 0.353. The summed E-state index contributed by atoms with van der Waals surface area (Å²) < 4.78 is 0. The van der Waals surface area contributed by atoms with Crippen molar-refractivity contribution in [2.75, 3.05) is 6.54 Å². The third-order valence-corrected chi connectivity index (χ3v) is 5.02. The fraction of sp³-hybridized carbons (Fsp3) is 0.444. The minimum atomic E-state index is 0.0650. The van der Waals surface area contributed by atoms with E-state index in [-0.39, 0.29) is 5.41 Å². The standard InChI is InChI=1S/C18H25NS/c1-6-19-17(16-12-13(2)20-14(16)3)18(4,5)15-10-8-7-9-11-15/h7-12,17,19H,6H2,1-5H3. The van der Waals surface area contributed by atoms with Crippen molar-refractivity contribution in [1.82, 2.24) is 5.32 Å². The lowest BCUT2D eigenvalue weighted by atomic mass is 9.75. The molecule has 1 N–H and O–H groups in total. The molecule has 0 spiro atoms. The van der Waals surface area contributed by atoms with Gasteiger partial charge >= 0.3 is 0 Å². The van der Waals surface area contributed by atoms with Crippen molar-refractivity contribution < 1.29 is 0 Å². The number of hydrogen-bond donors (Lipinski definition) is 1. The molecular formula is C18H25NS. The average molecular weight is 287 g/mol. The monoisotopic (exact) mass is 287 g/mol. The van der Waals surface area contributed by atoms with E-state index < -0.39 is 0 Å². The van der Waals surface area contributed by atoms with Gasteiger partial charge in [0.05, 0.1) is 0 Å². The summed E-state index contributed by atoms with van der Waals surface area (Å²) >= 11 is 1.89. The molecular weight excluding hydrogens is 262 g/mol. The molecule has 0 amide bonds. The molecule has 0 aliphatic carbocycles. The average Bonchev–Trinajstić information content (AvgIpc) is 2.75. The zero-order chi connectivity index (χ0) is 14.8. The maximum Gasteiger partial charge on any atom is 0.0423 e. The van der Waals surface area contributed by atoms with Crippen LogP contribution in [0.5, 0.6) is 0 Å². The predicted molar refractivity (Wildman–Crippen MR) is 89.7 cm³/mol. The normalized spacial score (nSPS) is 13.4.